The standard InChI is InChI=1S/C22H17N/c1-16-12-13-21-19(14-16)15-20(17-8-4-2-5-9-17)22(23-21)18-10-6-3-7-11-18/h2-15H,1H3. The van der Waals surface area contributed by atoms with E-state index in [4.69, 9.17) is 4.98 Å². The van der Waals surface area contributed by atoms with Gasteiger partial charge < -0.3 is 0 Å². The van der Waals surface area contributed by atoms with E-state index in [9.17, 15) is 0 Å². The maximum Gasteiger partial charge on any atom is 0.0788 e. The van der Waals surface area contributed by atoms with Gasteiger partial charge in [0.1, 0.15) is 0 Å². The van der Waals surface area contributed by atoms with E-state index in [1.54, 1.807) is 0 Å². The van der Waals surface area contributed by atoms with Gasteiger partial charge in [-0.15, -0.1) is 0 Å². The molecule has 0 aliphatic rings. The van der Waals surface area contributed by atoms with Gasteiger partial charge in [-0.2, -0.15) is 0 Å². The third-order valence-electron chi connectivity index (χ3n) is 4.10. The van der Waals surface area contributed by atoms with Crippen LogP contribution in [0.15, 0.2) is 84.9 Å². The first kappa shape index (κ1) is 13.7. The van der Waals surface area contributed by atoms with E-state index >= 15 is 0 Å². The van der Waals surface area contributed by atoms with Crippen molar-refractivity contribution in [1.29, 1.82) is 0 Å². The van der Waals surface area contributed by atoms with Crippen molar-refractivity contribution in [3.8, 4) is 22.4 Å². The molecule has 0 fully saturated rings. The molecule has 0 radical (unpaired) electrons. The van der Waals surface area contributed by atoms with Crippen molar-refractivity contribution < 1.29 is 0 Å². The van der Waals surface area contributed by atoms with Crippen molar-refractivity contribution >= 4 is 10.9 Å². The topological polar surface area (TPSA) is 12.9 Å². The number of fused-ring (bicyclic) bond motifs is 1. The van der Waals surface area contributed by atoms with Crippen molar-refractivity contribution in [2.75, 3.05) is 0 Å². The van der Waals surface area contributed by atoms with Crippen LogP contribution in [0.5, 0.6) is 0 Å². The molecule has 1 aromatic heterocycles. The zero-order chi connectivity index (χ0) is 15.6. The molecule has 0 unspecified atom stereocenters. The number of hydrogen-bond donors (Lipinski definition) is 0. The fourth-order valence-corrected chi connectivity index (χ4v) is 2.95. The molecule has 1 heterocycles. The van der Waals surface area contributed by atoms with Crippen molar-refractivity contribution in [2.24, 2.45) is 0 Å². The first-order valence-electron chi connectivity index (χ1n) is 7.83. The minimum absolute atomic E-state index is 1.04. The molecule has 0 bridgehead atoms. The number of benzene rings is 3. The number of aryl methyl sites for hydroxylation is 1. The Morgan fingerprint density at radius 1 is 0.652 bits per heavy atom. The van der Waals surface area contributed by atoms with Crippen LogP contribution in [0.2, 0.25) is 0 Å². The summed E-state index contributed by atoms with van der Waals surface area (Å²) >= 11 is 0. The van der Waals surface area contributed by atoms with Gasteiger partial charge in [0.15, 0.2) is 0 Å². The van der Waals surface area contributed by atoms with Gasteiger partial charge in [0.25, 0.3) is 0 Å². The molecule has 3 aromatic carbocycles. The van der Waals surface area contributed by atoms with E-state index in [0.717, 1.165) is 16.8 Å². The summed E-state index contributed by atoms with van der Waals surface area (Å²) < 4.78 is 0. The molecule has 0 saturated heterocycles. The SMILES string of the molecule is Cc1ccc2nc(-c3ccccc3)c(-c3ccccc3)cc2c1. The minimum atomic E-state index is 1.04. The Morgan fingerprint density at radius 2 is 1.30 bits per heavy atom. The molecule has 4 rings (SSSR count). The fourth-order valence-electron chi connectivity index (χ4n) is 2.95. The summed E-state index contributed by atoms with van der Waals surface area (Å²) in [4.78, 5) is 4.96. The highest BCUT2D eigenvalue weighted by molar-refractivity contribution is 5.91. The second-order valence-corrected chi connectivity index (χ2v) is 5.81. The lowest BCUT2D eigenvalue weighted by molar-refractivity contribution is 1.38. The molecule has 0 saturated carbocycles. The molecular weight excluding hydrogens is 278 g/mol. The highest BCUT2D eigenvalue weighted by Crippen LogP contribution is 2.33. The second-order valence-electron chi connectivity index (χ2n) is 5.81. The van der Waals surface area contributed by atoms with Crippen LogP contribution in [0.25, 0.3) is 33.3 Å². The molecule has 23 heavy (non-hydrogen) atoms. The molecule has 1 heteroatoms. The molecule has 0 aliphatic heterocycles. The van der Waals surface area contributed by atoms with E-state index in [2.05, 4.69) is 79.7 Å². The summed E-state index contributed by atoms with van der Waals surface area (Å²) in [5.74, 6) is 0. The normalized spacial score (nSPS) is 10.8. The Labute approximate surface area is 136 Å². The van der Waals surface area contributed by atoms with Crippen LogP contribution in [0.4, 0.5) is 0 Å². The van der Waals surface area contributed by atoms with Crippen LogP contribution in [-0.4, -0.2) is 4.98 Å². The van der Waals surface area contributed by atoms with Gasteiger partial charge >= 0.3 is 0 Å². The monoisotopic (exact) mass is 295 g/mol. The molecule has 0 amide bonds. The van der Waals surface area contributed by atoms with Gasteiger partial charge in [0.2, 0.25) is 0 Å². The number of aromatic nitrogens is 1. The average Bonchev–Trinajstić information content (AvgIpc) is 2.62. The first-order valence-corrected chi connectivity index (χ1v) is 7.83. The Hall–Kier alpha value is -2.93. The van der Waals surface area contributed by atoms with Gasteiger partial charge in [-0.3, -0.25) is 0 Å². The summed E-state index contributed by atoms with van der Waals surface area (Å²) in [7, 11) is 0. The Kier molecular flexibility index (Phi) is 3.39. The Bertz CT molecular complexity index is 957. The predicted molar refractivity (Wildman–Crippen MR) is 97.4 cm³/mol. The van der Waals surface area contributed by atoms with Crippen LogP contribution in [0.3, 0.4) is 0 Å². The third-order valence-corrected chi connectivity index (χ3v) is 4.10. The number of pyridine rings is 1. The minimum Gasteiger partial charge on any atom is -0.247 e. The molecule has 110 valence electrons. The van der Waals surface area contributed by atoms with Crippen molar-refractivity contribution in [3.05, 3.63) is 90.5 Å². The van der Waals surface area contributed by atoms with Gasteiger partial charge in [0, 0.05) is 16.5 Å². The summed E-state index contributed by atoms with van der Waals surface area (Å²) in [6.45, 7) is 2.12. The highest BCUT2D eigenvalue weighted by Gasteiger charge is 2.11. The predicted octanol–water partition coefficient (Wildman–Crippen LogP) is 5.88. The quantitative estimate of drug-likeness (QED) is 0.450. The van der Waals surface area contributed by atoms with Crippen molar-refractivity contribution in [2.45, 2.75) is 6.92 Å². The molecule has 1 nitrogen and oxygen atoms in total. The third kappa shape index (κ3) is 2.62. The molecule has 0 spiro atoms. The first-order chi connectivity index (χ1) is 11.3. The van der Waals surface area contributed by atoms with Crippen molar-refractivity contribution in [1.82, 2.24) is 4.98 Å². The van der Waals surface area contributed by atoms with E-state index in [0.29, 0.717) is 0 Å². The number of nitrogens with zero attached hydrogens (tertiary/aromatic N) is 1. The van der Waals surface area contributed by atoms with Crippen molar-refractivity contribution in [3.63, 3.8) is 0 Å². The number of hydrogen-bond acceptors (Lipinski definition) is 1. The smallest absolute Gasteiger partial charge is 0.0788 e. The van der Waals surface area contributed by atoms with Gasteiger partial charge in [-0.05, 0) is 30.7 Å². The Morgan fingerprint density at radius 3 is 2.00 bits per heavy atom. The van der Waals surface area contributed by atoms with Crippen LogP contribution in [0, 0.1) is 6.92 Å². The summed E-state index contributed by atoms with van der Waals surface area (Å²) in [5, 5.41) is 1.18. The molecule has 0 N–H and O–H groups in total. The van der Waals surface area contributed by atoms with Crippen LogP contribution < -0.4 is 0 Å². The average molecular weight is 295 g/mol. The van der Waals surface area contributed by atoms with E-state index in [-0.39, 0.29) is 0 Å². The van der Waals surface area contributed by atoms with E-state index in [1.807, 2.05) is 12.1 Å². The van der Waals surface area contributed by atoms with E-state index < -0.39 is 0 Å². The zero-order valence-corrected chi connectivity index (χ0v) is 13.0. The molecule has 0 atom stereocenters. The van der Waals surface area contributed by atoms with Gasteiger partial charge in [-0.25, -0.2) is 4.98 Å². The van der Waals surface area contributed by atoms with Crippen LogP contribution in [0.1, 0.15) is 5.56 Å². The molecule has 0 aliphatic carbocycles. The van der Waals surface area contributed by atoms with Gasteiger partial charge in [0.05, 0.1) is 11.2 Å². The van der Waals surface area contributed by atoms with Crippen LogP contribution >= 0.6 is 0 Å². The summed E-state index contributed by atoms with van der Waals surface area (Å²) in [6, 6.07) is 29.6. The summed E-state index contributed by atoms with van der Waals surface area (Å²) in [5.41, 5.74) is 6.85. The number of rotatable bonds is 2. The largest absolute Gasteiger partial charge is 0.247 e. The summed E-state index contributed by atoms with van der Waals surface area (Å²) in [6.07, 6.45) is 0. The zero-order valence-electron chi connectivity index (χ0n) is 13.0. The maximum absolute atomic E-state index is 4.96. The molecule has 4 aromatic rings. The Balaban J connectivity index is 2.04. The molecular formula is C22H17N. The highest BCUT2D eigenvalue weighted by atomic mass is 14.7. The maximum atomic E-state index is 4.96. The fraction of sp³-hybridized carbons (Fsp3) is 0.0455. The lowest BCUT2D eigenvalue weighted by Gasteiger charge is -2.12. The van der Waals surface area contributed by atoms with Gasteiger partial charge in [-0.1, -0.05) is 72.3 Å². The lowest BCUT2D eigenvalue weighted by Crippen LogP contribution is -1.91. The van der Waals surface area contributed by atoms with E-state index in [1.165, 1.54) is 22.1 Å². The lowest BCUT2D eigenvalue weighted by atomic mass is 9.97. The second kappa shape index (κ2) is 5.69. The van der Waals surface area contributed by atoms with Crippen LogP contribution in [-0.2, 0) is 0 Å².